The van der Waals surface area contributed by atoms with Crippen LogP contribution in [0.4, 0.5) is 0 Å². The Kier molecular flexibility index (Phi) is 6.13. The van der Waals surface area contributed by atoms with Gasteiger partial charge >= 0.3 is 0 Å². The van der Waals surface area contributed by atoms with E-state index >= 15 is 0 Å². The molecule has 102 valence electrons. The number of rotatable bonds is 8. The summed E-state index contributed by atoms with van der Waals surface area (Å²) in [4.78, 5) is 0. The predicted octanol–water partition coefficient (Wildman–Crippen LogP) is 3.61. The highest BCUT2D eigenvalue weighted by atomic mass is 15.3. The Hall–Kier alpha value is -1.09. The molecule has 1 atom stereocenters. The number of nitrogens with one attached hydrogen (secondary N) is 1. The van der Waals surface area contributed by atoms with Crippen LogP contribution in [0.1, 0.15) is 57.5 Å². The zero-order chi connectivity index (χ0) is 13.5. The van der Waals surface area contributed by atoms with Crippen LogP contribution in [-0.4, -0.2) is 16.3 Å². The van der Waals surface area contributed by atoms with E-state index in [1.54, 1.807) is 0 Å². The van der Waals surface area contributed by atoms with E-state index in [2.05, 4.69) is 55.4 Å². The van der Waals surface area contributed by atoms with Crippen LogP contribution < -0.4 is 5.32 Å². The molecule has 0 bridgehead atoms. The summed E-state index contributed by atoms with van der Waals surface area (Å²) in [7, 11) is 0. The van der Waals surface area contributed by atoms with Crippen LogP contribution in [0.15, 0.2) is 18.2 Å². The van der Waals surface area contributed by atoms with Crippen LogP contribution in [0.3, 0.4) is 0 Å². The van der Waals surface area contributed by atoms with Crippen LogP contribution in [-0.2, 0) is 6.54 Å². The molecule has 1 unspecified atom stereocenters. The molecule has 1 N–H and O–H groups in total. The first-order valence-electron chi connectivity index (χ1n) is 7.06. The van der Waals surface area contributed by atoms with Gasteiger partial charge in [0, 0.05) is 6.54 Å². The highest BCUT2D eigenvalue weighted by Gasteiger charge is 2.16. The second kappa shape index (κ2) is 7.37. The average molecular weight is 249 g/mol. The summed E-state index contributed by atoms with van der Waals surface area (Å²) in [6.45, 7) is 14.7. The highest BCUT2D eigenvalue weighted by Crippen LogP contribution is 2.22. The van der Waals surface area contributed by atoms with Crippen LogP contribution >= 0.6 is 0 Å². The molecule has 0 saturated heterocycles. The quantitative estimate of drug-likeness (QED) is 0.713. The molecule has 0 spiro atoms. The first-order valence-corrected chi connectivity index (χ1v) is 7.06. The zero-order valence-electron chi connectivity index (χ0n) is 12.3. The van der Waals surface area contributed by atoms with Gasteiger partial charge in [-0.05, 0) is 45.7 Å². The molecule has 0 aliphatic heterocycles. The van der Waals surface area contributed by atoms with Gasteiger partial charge in [0.05, 0.1) is 17.4 Å². The molecule has 0 saturated carbocycles. The third-order valence-electron chi connectivity index (χ3n) is 3.22. The smallest absolute Gasteiger partial charge is 0.0597 e. The number of nitrogens with zero attached hydrogens (tertiary/aromatic N) is 2. The lowest BCUT2D eigenvalue weighted by molar-refractivity contribution is 0.474. The summed E-state index contributed by atoms with van der Waals surface area (Å²) in [5.41, 5.74) is 3.68. The molecule has 0 fully saturated rings. The molecule has 1 aromatic rings. The number of aryl methyl sites for hydroxylation is 2. The van der Waals surface area contributed by atoms with Gasteiger partial charge in [-0.3, -0.25) is 4.68 Å². The van der Waals surface area contributed by atoms with E-state index in [9.17, 15) is 0 Å². The van der Waals surface area contributed by atoms with Crippen molar-refractivity contribution in [3.05, 3.63) is 29.6 Å². The van der Waals surface area contributed by atoms with E-state index in [-0.39, 0.29) is 0 Å². The summed E-state index contributed by atoms with van der Waals surface area (Å²) in [6.07, 6.45) is 3.19. The number of hydrogen-bond donors (Lipinski definition) is 1. The van der Waals surface area contributed by atoms with E-state index in [1.165, 1.54) is 11.3 Å². The molecule has 0 aliphatic carbocycles. The van der Waals surface area contributed by atoms with E-state index < -0.39 is 0 Å². The standard InChI is InChI=1S/C15H27N3/c1-6-9-16-14(10-12(4)7-2)15-11-13(5)17-18(15)8-3/h11,14,16H,4,6-10H2,1-3,5H3. The number of aromatic nitrogens is 2. The zero-order valence-corrected chi connectivity index (χ0v) is 12.3. The molecule has 0 aliphatic rings. The van der Waals surface area contributed by atoms with Crippen molar-refractivity contribution in [1.29, 1.82) is 0 Å². The minimum absolute atomic E-state index is 0.346. The molecule has 1 rings (SSSR count). The summed E-state index contributed by atoms with van der Waals surface area (Å²) in [5.74, 6) is 0. The first-order chi connectivity index (χ1) is 8.62. The van der Waals surface area contributed by atoms with Crippen LogP contribution in [0.2, 0.25) is 0 Å². The van der Waals surface area contributed by atoms with Gasteiger partial charge in [-0.2, -0.15) is 5.10 Å². The third-order valence-corrected chi connectivity index (χ3v) is 3.22. The van der Waals surface area contributed by atoms with Crippen molar-refractivity contribution in [2.24, 2.45) is 0 Å². The van der Waals surface area contributed by atoms with E-state index in [0.29, 0.717) is 6.04 Å². The lowest BCUT2D eigenvalue weighted by Gasteiger charge is -2.20. The Bertz CT molecular complexity index is 379. The molecular weight excluding hydrogens is 222 g/mol. The average Bonchev–Trinajstić information content (AvgIpc) is 2.75. The van der Waals surface area contributed by atoms with Crippen molar-refractivity contribution in [3.63, 3.8) is 0 Å². The second-order valence-electron chi connectivity index (χ2n) is 4.84. The molecule has 1 heterocycles. The molecule has 3 heteroatoms. The molecule has 0 radical (unpaired) electrons. The summed E-state index contributed by atoms with van der Waals surface area (Å²) in [5, 5.41) is 8.16. The van der Waals surface area contributed by atoms with Crippen LogP contribution in [0.5, 0.6) is 0 Å². The Balaban J connectivity index is 2.88. The molecule has 3 nitrogen and oxygen atoms in total. The van der Waals surface area contributed by atoms with Crippen molar-refractivity contribution in [2.45, 2.75) is 59.5 Å². The maximum atomic E-state index is 4.54. The highest BCUT2D eigenvalue weighted by molar-refractivity contribution is 5.16. The van der Waals surface area contributed by atoms with Gasteiger partial charge in [-0.15, -0.1) is 0 Å². The molecular formula is C15H27N3. The molecule has 1 aromatic heterocycles. The monoisotopic (exact) mass is 249 g/mol. The Morgan fingerprint density at radius 3 is 2.72 bits per heavy atom. The van der Waals surface area contributed by atoms with Crippen molar-refractivity contribution in [3.8, 4) is 0 Å². The first kappa shape index (κ1) is 15.0. The predicted molar refractivity (Wildman–Crippen MR) is 77.7 cm³/mol. The fourth-order valence-electron chi connectivity index (χ4n) is 2.13. The molecule has 0 aromatic carbocycles. The summed E-state index contributed by atoms with van der Waals surface area (Å²) in [6, 6.07) is 2.54. The van der Waals surface area contributed by atoms with E-state index in [0.717, 1.165) is 38.0 Å². The van der Waals surface area contributed by atoms with Gasteiger partial charge in [0.2, 0.25) is 0 Å². The van der Waals surface area contributed by atoms with Gasteiger partial charge in [0.1, 0.15) is 0 Å². The van der Waals surface area contributed by atoms with Crippen molar-refractivity contribution < 1.29 is 0 Å². The Labute approximate surface area is 111 Å². The van der Waals surface area contributed by atoms with Gasteiger partial charge in [-0.1, -0.05) is 26.0 Å². The third kappa shape index (κ3) is 3.98. The fraction of sp³-hybridized carbons (Fsp3) is 0.667. The van der Waals surface area contributed by atoms with Crippen LogP contribution in [0.25, 0.3) is 0 Å². The van der Waals surface area contributed by atoms with E-state index in [4.69, 9.17) is 0 Å². The lowest BCUT2D eigenvalue weighted by Crippen LogP contribution is -2.25. The van der Waals surface area contributed by atoms with Gasteiger partial charge in [0.15, 0.2) is 0 Å². The summed E-state index contributed by atoms with van der Waals surface area (Å²) >= 11 is 0. The van der Waals surface area contributed by atoms with Crippen molar-refractivity contribution in [1.82, 2.24) is 15.1 Å². The van der Waals surface area contributed by atoms with Gasteiger partial charge < -0.3 is 5.32 Å². The molecule has 0 amide bonds. The maximum Gasteiger partial charge on any atom is 0.0597 e. The second-order valence-corrected chi connectivity index (χ2v) is 4.84. The Morgan fingerprint density at radius 1 is 1.44 bits per heavy atom. The Morgan fingerprint density at radius 2 is 2.17 bits per heavy atom. The van der Waals surface area contributed by atoms with Crippen LogP contribution in [0, 0.1) is 6.92 Å². The lowest BCUT2D eigenvalue weighted by atomic mass is 10.0. The number of hydrogen-bond acceptors (Lipinski definition) is 2. The SMILES string of the molecule is C=C(CC)CC(NCCC)c1cc(C)nn1CC. The van der Waals surface area contributed by atoms with Gasteiger partial charge in [-0.25, -0.2) is 0 Å². The maximum absolute atomic E-state index is 4.54. The fourth-order valence-corrected chi connectivity index (χ4v) is 2.13. The topological polar surface area (TPSA) is 29.9 Å². The normalized spacial score (nSPS) is 12.7. The largest absolute Gasteiger partial charge is 0.308 e. The minimum Gasteiger partial charge on any atom is -0.308 e. The summed E-state index contributed by atoms with van der Waals surface area (Å²) < 4.78 is 2.10. The van der Waals surface area contributed by atoms with Crippen molar-refractivity contribution >= 4 is 0 Å². The van der Waals surface area contributed by atoms with E-state index in [1.807, 2.05) is 0 Å². The van der Waals surface area contributed by atoms with Crippen molar-refractivity contribution in [2.75, 3.05) is 6.54 Å². The minimum atomic E-state index is 0.346. The van der Waals surface area contributed by atoms with Gasteiger partial charge in [0.25, 0.3) is 0 Å². The molecule has 18 heavy (non-hydrogen) atoms.